The molecule has 0 aliphatic carbocycles. The van der Waals surface area contributed by atoms with Crippen molar-refractivity contribution in [2.45, 2.75) is 11.4 Å². The van der Waals surface area contributed by atoms with Crippen LogP contribution in [0.4, 0.5) is 0 Å². The molecule has 2 rings (SSSR count). The lowest BCUT2D eigenvalue weighted by Crippen LogP contribution is -2.07. The van der Waals surface area contributed by atoms with Gasteiger partial charge in [0.15, 0.2) is 5.69 Å². The van der Waals surface area contributed by atoms with E-state index in [1.807, 2.05) is 18.2 Å². The summed E-state index contributed by atoms with van der Waals surface area (Å²) in [4.78, 5) is 13.9. The van der Waals surface area contributed by atoms with Crippen LogP contribution in [0.3, 0.4) is 0 Å². The molecule has 5 nitrogen and oxygen atoms in total. The Labute approximate surface area is 109 Å². The van der Waals surface area contributed by atoms with Gasteiger partial charge in [-0.1, -0.05) is 18.2 Å². The topological polar surface area (TPSA) is 57.0 Å². The molecule has 18 heavy (non-hydrogen) atoms. The van der Waals surface area contributed by atoms with Crippen LogP contribution in [0.2, 0.25) is 0 Å². The molecule has 0 bridgehead atoms. The Balaban J connectivity index is 1.84. The van der Waals surface area contributed by atoms with Crippen LogP contribution >= 0.6 is 11.8 Å². The predicted molar refractivity (Wildman–Crippen MR) is 68.5 cm³/mol. The van der Waals surface area contributed by atoms with Crippen LogP contribution in [0, 0.1) is 0 Å². The van der Waals surface area contributed by atoms with E-state index in [-0.39, 0.29) is 5.69 Å². The average Bonchev–Trinajstić information content (AvgIpc) is 2.88. The predicted octanol–water partition coefficient (Wildman–Crippen LogP) is 1.86. The zero-order valence-corrected chi connectivity index (χ0v) is 10.8. The van der Waals surface area contributed by atoms with Crippen LogP contribution in [-0.2, 0) is 11.3 Å². The van der Waals surface area contributed by atoms with E-state index in [0.717, 1.165) is 5.75 Å². The van der Waals surface area contributed by atoms with Gasteiger partial charge >= 0.3 is 5.97 Å². The highest BCUT2D eigenvalue weighted by atomic mass is 32.2. The Morgan fingerprint density at radius 3 is 2.89 bits per heavy atom. The van der Waals surface area contributed by atoms with Crippen LogP contribution < -0.4 is 0 Å². The van der Waals surface area contributed by atoms with Gasteiger partial charge in [0, 0.05) is 10.6 Å². The zero-order valence-electron chi connectivity index (χ0n) is 9.94. The normalized spacial score (nSPS) is 10.3. The van der Waals surface area contributed by atoms with Gasteiger partial charge in [-0.05, 0) is 12.1 Å². The first-order valence-electron chi connectivity index (χ1n) is 5.46. The molecule has 0 amide bonds. The number of hydrogen-bond acceptors (Lipinski definition) is 5. The van der Waals surface area contributed by atoms with E-state index in [0.29, 0.717) is 6.54 Å². The van der Waals surface area contributed by atoms with Crippen LogP contribution in [0.5, 0.6) is 0 Å². The number of carbonyl (C=O) groups is 1. The summed E-state index contributed by atoms with van der Waals surface area (Å²) in [6, 6.07) is 10.1. The number of ether oxygens (including phenoxy) is 1. The SMILES string of the molecule is COC(=O)c1cnn(CCSc2ccccc2)n1. The van der Waals surface area contributed by atoms with Crippen LogP contribution in [0.25, 0.3) is 0 Å². The van der Waals surface area contributed by atoms with Gasteiger partial charge in [-0.15, -0.1) is 16.9 Å². The molecule has 0 saturated carbocycles. The Bertz CT molecular complexity index is 513. The number of hydrogen-bond donors (Lipinski definition) is 0. The fourth-order valence-electron chi connectivity index (χ4n) is 1.37. The number of rotatable bonds is 5. The number of aryl methyl sites for hydroxylation is 1. The summed E-state index contributed by atoms with van der Waals surface area (Å²) in [6.45, 7) is 0.649. The van der Waals surface area contributed by atoms with Gasteiger partial charge in [0.2, 0.25) is 0 Å². The quantitative estimate of drug-likeness (QED) is 0.608. The average molecular weight is 263 g/mol. The van der Waals surface area contributed by atoms with E-state index in [1.54, 1.807) is 11.8 Å². The van der Waals surface area contributed by atoms with E-state index in [1.165, 1.54) is 23.0 Å². The van der Waals surface area contributed by atoms with E-state index >= 15 is 0 Å². The monoisotopic (exact) mass is 263 g/mol. The molecule has 0 atom stereocenters. The molecule has 0 N–H and O–H groups in total. The van der Waals surface area contributed by atoms with E-state index in [2.05, 4.69) is 27.1 Å². The summed E-state index contributed by atoms with van der Waals surface area (Å²) in [7, 11) is 1.33. The molecule has 0 aliphatic rings. The highest BCUT2D eigenvalue weighted by Crippen LogP contribution is 2.16. The molecule has 0 fully saturated rings. The first kappa shape index (κ1) is 12.6. The summed E-state index contributed by atoms with van der Waals surface area (Å²) in [5.41, 5.74) is 0.238. The van der Waals surface area contributed by atoms with Crippen molar-refractivity contribution < 1.29 is 9.53 Å². The first-order valence-corrected chi connectivity index (χ1v) is 6.44. The third kappa shape index (κ3) is 3.33. The number of aromatic nitrogens is 3. The minimum atomic E-state index is -0.461. The van der Waals surface area contributed by atoms with E-state index in [9.17, 15) is 4.79 Å². The number of benzene rings is 1. The molecular weight excluding hydrogens is 250 g/mol. The maximum Gasteiger partial charge on any atom is 0.360 e. The zero-order chi connectivity index (χ0) is 12.8. The van der Waals surface area contributed by atoms with Crippen LogP contribution in [-0.4, -0.2) is 33.8 Å². The van der Waals surface area contributed by atoms with Crippen molar-refractivity contribution in [1.82, 2.24) is 15.0 Å². The maximum atomic E-state index is 11.2. The van der Waals surface area contributed by atoms with Crippen molar-refractivity contribution in [2.24, 2.45) is 0 Å². The Morgan fingerprint density at radius 2 is 2.17 bits per heavy atom. The second kappa shape index (κ2) is 6.20. The second-order valence-corrected chi connectivity index (χ2v) is 4.65. The van der Waals surface area contributed by atoms with Crippen LogP contribution in [0.1, 0.15) is 10.5 Å². The van der Waals surface area contributed by atoms with Crippen molar-refractivity contribution in [3.8, 4) is 0 Å². The molecule has 1 aromatic carbocycles. The third-order valence-electron chi connectivity index (χ3n) is 2.23. The number of esters is 1. The van der Waals surface area contributed by atoms with E-state index < -0.39 is 5.97 Å². The van der Waals surface area contributed by atoms with Crippen molar-refractivity contribution in [1.29, 1.82) is 0 Å². The van der Waals surface area contributed by atoms with E-state index in [4.69, 9.17) is 0 Å². The molecule has 0 aliphatic heterocycles. The molecule has 0 spiro atoms. The van der Waals surface area contributed by atoms with Gasteiger partial charge in [-0.2, -0.15) is 9.90 Å². The lowest BCUT2D eigenvalue weighted by molar-refractivity contribution is 0.0593. The fraction of sp³-hybridized carbons (Fsp3) is 0.250. The van der Waals surface area contributed by atoms with Crippen molar-refractivity contribution in [2.75, 3.05) is 12.9 Å². The molecule has 6 heteroatoms. The Hall–Kier alpha value is -1.82. The molecular formula is C12H13N3O2S. The minimum absolute atomic E-state index is 0.238. The molecule has 1 heterocycles. The van der Waals surface area contributed by atoms with Gasteiger partial charge in [0.1, 0.15) is 0 Å². The molecule has 0 radical (unpaired) electrons. The van der Waals surface area contributed by atoms with Crippen molar-refractivity contribution in [3.05, 3.63) is 42.2 Å². The second-order valence-electron chi connectivity index (χ2n) is 3.48. The fourth-order valence-corrected chi connectivity index (χ4v) is 2.20. The summed E-state index contributed by atoms with van der Waals surface area (Å²) >= 11 is 1.72. The number of thioether (sulfide) groups is 1. The van der Waals surface area contributed by atoms with Crippen molar-refractivity contribution >= 4 is 17.7 Å². The first-order chi connectivity index (χ1) is 8.79. The van der Waals surface area contributed by atoms with Crippen molar-refractivity contribution in [3.63, 3.8) is 0 Å². The lowest BCUT2D eigenvalue weighted by atomic mass is 10.4. The van der Waals surface area contributed by atoms with Gasteiger partial charge < -0.3 is 4.74 Å². The summed E-state index contributed by atoms with van der Waals surface area (Å²) < 4.78 is 4.56. The van der Waals surface area contributed by atoms with Crippen LogP contribution in [0.15, 0.2) is 41.4 Å². The summed E-state index contributed by atoms with van der Waals surface area (Å²) in [5.74, 6) is 0.385. The Kier molecular flexibility index (Phi) is 4.35. The van der Waals surface area contributed by atoms with Gasteiger partial charge in [0.05, 0.1) is 19.9 Å². The summed E-state index contributed by atoms with van der Waals surface area (Å²) in [5, 5.41) is 8.04. The highest BCUT2D eigenvalue weighted by Gasteiger charge is 2.09. The summed E-state index contributed by atoms with van der Waals surface area (Å²) in [6.07, 6.45) is 1.42. The molecule has 0 saturated heterocycles. The molecule has 94 valence electrons. The third-order valence-corrected chi connectivity index (χ3v) is 3.23. The highest BCUT2D eigenvalue weighted by molar-refractivity contribution is 7.99. The smallest absolute Gasteiger partial charge is 0.360 e. The van der Waals surface area contributed by atoms with Gasteiger partial charge in [-0.3, -0.25) is 0 Å². The van der Waals surface area contributed by atoms with Gasteiger partial charge in [-0.25, -0.2) is 4.79 Å². The van der Waals surface area contributed by atoms with Gasteiger partial charge in [0.25, 0.3) is 0 Å². The minimum Gasteiger partial charge on any atom is -0.464 e. The Morgan fingerprint density at radius 1 is 1.39 bits per heavy atom. The molecule has 2 aromatic rings. The maximum absolute atomic E-state index is 11.2. The number of nitrogens with zero attached hydrogens (tertiary/aromatic N) is 3. The molecule has 1 aromatic heterocycles. The molecule has 0 unspecified atom stereocenters. The largest absolute Gasteiger partial charge is 0.464 e. The standard InChI is InChI=1S/C12H13N3O2S/c1-17-12(16)11-9-13-15(14-11)7-8-18-10-5-3-2-4-6-10/h2-6,9H,7-8H2,1H3. The number of methoxy groups -OCH3 is 1. The number of carbonyl (C=O) groups excluding carboxylic acids is 1. The lowest BCUT2D eigenvalue weighted by Gasteiger charge is -2.00.